The molecule has 4 aromatic heterocycles. The van der Waals surface area contributed by atoms with Crippen molar-refractivity contribution < 1.29 is 4.79 Å². The Kier molecular flexibility index (Phi) is 4.48. The average Bonchev–Trinajstić information content (AvgIpc) is 3.48. The molecule has 0 saturated carbocycles. The molecule has 0 spiro atoms. The number of nitrogens with one attached hydrogen (secondary N) is 2. The Morgan fingerprint density at radius 1 is 1.13 bits per heavy atom. The smallest absolute Gasteiger partial charge is 0.266 e. The second-order valence-corrected chi connectivity index (χ2v) is 7.98. The first-order valence-corrected chi connectivity index (χ1v) is 10.3. The maximum absolute atomic E-state index is 12.7. The summed E-state index contributed by atoms with van der Waals surface area (Å²) >= 11 is 1.34. The standard InChI is InChI=1S/C21H17N7O2S/c1-12-5-7-14(8-6-12)27-18-15(11-22-27)19(29)25-21(24-18)28-17(10-13(2)26-28)23-20(30)16-4-3-9-31-16/h3-11H,1-2H3,(H,23,30)(H,24,25,29). The molecule has 10 heteroatoms. The van der Waals surface area contributed by atoms with Gasteiger partial charge in [0.1, 0.15) is 11.2 Å². The van der Waals surface area contributed by atoms with Gasteiger partial charge < -0.3 is 5.32 Å². The van der Waals surface area contributed by atoms with Gasteiger partial charge in [0, 0.05) is 6.07 Å². The monoisotopic (exact) mass is 431 g/mol. The van der Waals surface area contributed by atoms with E-state index in [1.54, 1.807) is 29.8 Å². The Morgan fingerprint density at radius 2 is 1.94 bits per heavy atom. The predicted octanol–water partition coefficient (Wildman–Crippen LogP) is 3.23. The van der Waals surface area contributed by atoms with Crippen LogP contribution in [0.1, 0.15) is 20.9 Å². The minimum absolute atomic E-state index is 0.181. The third-order valence-corrected chi connectivity index (χ3v) is 5.59. The second-order valence-electron chi connectivity index (χ2n) is 7.03. The van der Waals surface area contributed by atoms with E-state index < -0.39 is 0 Å². The van der Waals surface area contributed by atoms with Crippen molar-refractivity contribution in [3.63, 3.8) is 0 Å². The first kappa shape index (κ1) is 18.9. The molecule has 0 unspecified atom stereocenters. The number of carbonyl (C=O) groups excluding carboxylic acids is 1. The Balaban J connectivity index is 1.61. The van der Waals surface area contributed by atoms with E-state index in [2.05, 4.69) is 25.5 Å². The Morgan fingerprint density at radius 3 is 2.68 bits per heavy atom. The number of amides is 1. The van der Waals surface area contributed by atoms with Crippen molar-refractivity contribution in [2.45, 2.75) is 13.8 Å². The van der Waals surface area contributed by atoms with Crippen LogP contribution in [0, 0.1) is 13.8 Å². The number of rotatable bonds is 4. The van der Waals surface area contributed by atoms with Gasteiger partial charge in [-0.3, -0.25) is 14.6 Å². The van der Waals surface area contributed by atoms with Crippen molar-refractivity contribution >= 4 is 34.1 Å². The summed E-state index contributed by atoms with van der Waals surface area (Å²) in [5, 5.41) is 13.8. The molecule has 0 aliphatic carbocycles. The number of aryl methyl sites for hydroxylation is 2. The van der Waals surface area contributed by atoms with Crippen LogP contribution >= 0.6 is 11.3 Å². The molecule has 5 aromatic rings. The lowest BCUT2D eigenvalue weighted by molar-refractivity contribution is 0.103. The van der Waals surface area contributed by atoms with Crippen molar-refractivity contribution in [2.24, 2.45) is 0 Å². The Hall–Kier alpha value is -4.05. The molecule has 31 heavy (non-hydrogen) atoms. The lowest BCUT2D eigenvalue weighted by Gasteiger charge is -2.08. The first-order valence-electron chi connectivity index (χ1n) is 9.46. The van der Waals surface area contributed by atoms with E-state index in [0.29, 0.717) is 27.4 Å². The summed E-state index contributed by atoms with van der Waals surface area (Å²) in [7, 11) is 0. The van der Waals surface area contributed by atoms with Crippen molar-refractivity contribution in [3.05, 3.63) is 80.5 Å². The number of aromatic nitrogens is 6. The van der Waals surface area contributed by atoms with Crippen LogP contribution in [-0.4, -0.2) is 35.4 Å². The highest BCUT2D eigenvalue weighted by atomic mass is 32.1. The Labute approximate surface area is 180 Å². The van der Waals surface area contributed by atoms with Crippen molar-refractivity contribution in [3.8, 4) is 11.6 Å². The van der Waals surface area contributed by atoms with Crippen LogP contribution in [0.5, 0.6) is 0 Å². The van der Waals surface area contributed by atoms with Gasteiger partial charge in [-0.2, -0.15) is 19.9 Å². The van der Waals surface area contributed by atoms with Crippen molar-refractivity contribution in [2.75, 3.05) is 5.32 Å². The molecule has 2 N–H and O–H groups in total. The van der Waals surface area contributed by atoms with Crippen LogP contribution < -0.4 is 10.9 Å². The minimum Gasteiger partial charge on any atom is -0.306 e. The van der Waals surface area contributed by atoms with Gasteiger partial charge in [0.05, 0.1) is 22.5 Å². The quantitative estimate of drug-likeness (QED) is 0.454. The fourth-order valence-electron chi connectivity index (χ4n) is 3.22. The number of H-pyrrole nitrogens is 1. The highest BCUT2D eigenvalue weighted by Gasteiger charge is 2.17. The van der Waals surface area contributed by atoms with Gasteiger partial charge in [0.25, 0.3) is 11.5 Å². The van der Waals surface area contributed by atoms with Crippen LogP contribution in [-0.2, 0) is 0 Å². The highest BCUT2D eigenvalue weighted by molar-refractivity contribution is 7.12. The zero-order valence-electron chi connectivity index (χ0n) is 16.7. The van der Waals surface area contributed by atoms with Gasteiger partial charge in [-0.15, -0.1) is 11.3 Å². The van der Waals surface area contributed by atoms with Gasteiger partial charge in [-0.05, 0) is 37.4 Å². The van der Waals surface area contributed by atoms with Crippen LogP contribution in [0.4, 0.5) is 5.82 Å². The normalized spacial score (nSPS) is 11.2. The number of fused-ring (bicyclic) bond motifs is 1. The zero-order valence-corrected chi connectivity index (χ0v) is 17.5. The van der Waals surface area contributed by atoms with E-state index in [4.69, 9.17) is 0 Å². The highest BCUT2D eigenvalue weighted by Crippen LogP contribution is 2.19. The largest absolute Gasteiger partial charge is 0.306 e. The number of benzene rings is 1. The van der Waals surface area contributed by atoms with Gasteiger partial charge in [-0.1, -0.05) is 23.8 Å². The van der Waals surface area contributed by atoms with Crippen molar-refractivity contribution in [1.29, 1.82) is 0 Å². The lowest BCUT2D eigenvalue weighted by atomic mass is 10.2. The molecule has 0 aliphatic heterocycles. The van der Waals surface area contributed by atoms with Crippen LogP contribution in [0.15, 0.2) is 58.8 Å². The molecule has 1 aromatic carbocycles. The molecule has 4 heterocycles. The summed E-state index contributed by atoms with van der Waals surface area (Å²) < 4.78 is 3.02. The molecule has 1 amide bonds. The fourth-order valence-corrected chi connectivity index (χ4v) is 3.84. The molecule has 0 bridgehead atoms. The third kappa shape index (κ3) is 3.42. The summed E-state index contributed by atoms with van der Waals surface area (Å²) in [5.74, 6) is 0.324. The molecule has 0 fully saturated rings. The maximum Gasteiger partial charge on any atom is 0.266 e. The molecule has 0 aliphatic rings. The topological polar surface area (TPSA) is 110 Å². The second kappa shape index (κ2) is 7.33. The van der Waals surface area contributed by atoms with Crippen LogP contribution in [0.3, 0.4) is 0 Å². The summed E-state index contributed by atoms with van der Waals surface area (Å²) in [6.45, 7) is 3.79. The first-order chi connectivity index (χ1) is 15.0. The maximum atomic E-state index is 12.7. The van der Waals surface area contributed by atoms with E-state index in [-0.39, 0.29) is 17.4 Å². The average molecular weight is 431 g/mol. The number of aromatic amines is 1. The molecular formula is C21H17N7O2S. The SMILES string of the molecule is Cc1ccc(-n2ncc3c(=O)[nH]c(-n4nc(C)cc4NC(=O)c4cccs4)nc32)cc1. The van der Waals surface area contributed by atoms with E-state index in [9.17, 15) is 9.59 Å². The van der Waals surface area contributed by atoms with E-state index in [1.807, 2.05) is 36.6 Å². The zero-order chi connectivity index (χ0) is 21.5. The van der Waals surface area contributed by atoms with Gasteiger partial charge >= 0.3 is 0 Å². The van der Waals surface area contributed by atoms with Gasteiger partial charge in [0.15, 0.2) is 5.65 Å². The number of thiophene rings is 1. The molecule has 5 rings (SSSR count). The lowest BCUT2D eigenvalue weighted by Crippen LogP contribution is -2.18. The summed E-state index contributed by atoms with van der Waals surface area (Å²) in [5.41, 5.74) is 2.61. The molecule has 9 nitrogen and oxygen atoms in total. The van der Waals surface area contributed by atoms with Gasteiger partial charge in [-0.25, -0.2) is 4.68 Å². The number of nitrogens with zero attached hydrogens (tertiary/aromatic N) is 5. The predicted molar refractivity (Wildman–Crippen MR) is 118 cm³/mol. The summed E-state index contributed by atoms with van der Waals surface area (Å²) in [6, 6.07) is 13.0. The van der Waals surface area contributed by atoms with Gasteiger partial charge in [0.2, 0.25) is 5.95 Å². The molecule has 0 radical (unpaired) electrons. The van der Waals surface area contributed by atoms with E-state index >= 15 is 0 Å². The Bertz CT molecular complexity index is 1460. The molecule has 0 atom stereocenters. The van der Waals surface area contributed by atoms with E-state index in [1.165, 1.54) is 22.2 Å². The van der Waals surface area contributed by atoms with E-state index in [0.717, 1.165) is 11.3 Å². The van der Waals surface area contributed by atoms with Crippen molar-refractivity contribution in [1.82, 2.24) is 29.5 Å². The summed E-state index contributed by atoms with van der Waals surface area (Å²) in [6.07, 6.45) is 1.48. The molecule has 154 valence electrons. The number of hydrogen-bond acceptors (Lipinski definition) is 6. The van der Waals surface area contributed by atoms with Crippen LogP contribution in [0.2, 0.25) is 0 Å². The minimum atomic E-state index is -0.345. The fraction of sp³-hybridized carbons (Fsp3) is 0.0952. The number of anilines is 1. The molecule has 0 saturated heterocycles. The van der Waals surface area contributed by atoms with Crippen LogP contribution in [0.25, 0.3) is 22.7 Å². The molecular weight excluding hydrogens is 414 g/mol. The third-order valence-electron chi connectivity index (χ3n) is 4.72. The number of carbonyl (C=O) groups is 1. The summed E-state index contributed by atoms with van der Waals surface area (Å²) in [4.78, 5) is 33.2. The number of hydrogen-bond donors (Lipinski definition) is 2.